The van der Waals surface area contributed by atoms with E-state index in [1.165, 1.54) is 83.5 Å². The lowest BCUT2D eigenvalue weighted by Crippen LogP contribution is -2.80. The van der Waals surface area contributed by atoms with Crippen molar-refractivity contribution in [2.75, 3.05) is 0 Å². The van der Waals surface area contributed by atoms with E-state index < -0.39 is 11.3 Å². The van der Waals surface area contributed by atoms with Gasteiger partial charge >= 0.3 is 5.82 Å². The smallest absolute Gasteiger partial charge is 0.262 e. The van der Waals surface area contributed by atoms with Gasteiger partial charge in [-0.2, -0.15) is 0 Å². The van der Waals surface area contributed by atoms with E-state index in [1.807, 2.05) is 0 Å². The van der Waals surface area contributed by atoms with Crippen LogP contribution in [0.5, 0.6) is 0 Å². The fourth-order valence-electron chi connectivity index (χ4n) is 9.92. The quantitative estimate of drug-likeness (QED) is 0.255. The van der Waals surface area contributed by atoms with Crippen LogP contribution in [0.4, 0.5) is 0 Å². The fourth-order valence-corrected chi connectivity index (χ4v) is 9.92. The second-order valence-electron chi connectivity index (χ2n) is 14.1. The van der Waals surface area contributed by atoms with Crippen molar-refractivity contribution >= 4 is 24.4 Å². The molecule has 206 valence electrons. The molecule has 5 aromatic rings. The lowest BCUT2D eigenvalue weighted by Gasteiger charge is -2.44. The summed E-state index contributed by atoms with van der Waals surface area (Å²) in [6, 6.07) is 25.2. The Morgan fingerprint density at radius 3 is 1.47 bits per heavy atom. The number of fused-ring (bicyclic) bond motifs is 7. The van der Waals surface area contributed by atoms with Gasteiger partial charge in [-0.3, -0.25) is 11.5 Å². The predicted molar refractivity (Wildman–Crippen MR) is 173 cm³/mol. The summed E-state index contributed by atoms with van der Waals surface area (Å²) >= 11 is 0. The summed E-state index contributed by atoms with van der Waals surface area (Å²) < 4.78 is 4.84. The summed E-state index contributed by atoms with van der Waals surface area (Å²) in [5.41, 5.74) is 33.0. The topological polar surface area (TPSA) is 59.8 Å². The summed E-state index contributed by atoms with van der Waals surface area (Å²) in [5, 5.41) is 0. The Bertz CT molecular complexity index is 2000. The highest BCUT2D eigenvalue weighted by Crippen LogP contribution is 2.59. The van der Waals surface area contributed by atoms with Crippen molar-refractivity contribution in [2.45, 2.75) is 57.4 Å². The van der Waals surface area contributed by atoms with E-state index in [1.54, 1.807) is 0 Å². The molecule has 4 aromatic carbocycles. The van der Waals surface area contributed by atoms with Gasteiger partial charge in [-0.25, -0.2) is 0 Å². The molecule has 4 nitrogen and oxygen atoms in total. The molecule has 0 saturated heterocycles. The average molecular weight is 556 g/mol. The van der Waals surface area contributed by atoms with Gasteiger partial charge in [-0.1, -0.05) is 98.9 Å². The number of hydrogen-bond donors (Lipinski definition) is 2. The second kappa shape index (κ2) is 7.56. The Morgan fingerprint density at radius 1 is 0.581 bits per heavy atom. The number of nitrogens with zero attached hydrogens (tertiary/aromatic N) is 2. The first kappa shape index (κ1) is 24.5. The van der Waals surface area contributed by atoms with Gasteiger partial charge in [0, 0.05) is 11.1 Å². The van der Waals surface area contributed by atoms with Crippen LogP contribution < -0.4 is 31.5 Å². The third-order valence-electron chi connectivity index (χ3n) is 11.4. The maximum atomic E-state index is 8.02. The molecule has 4 N–H and O–H groups in total. The van der Waals surface area contributed by atoms with E-state index in [0.717, 1.165) is 12.8 Å². The summed E-state index contributed by atoms with van der Waals surface area (Å²) in [6.07, 6.45) is 6.28. The molecule has 0 bridgehead atoms. The van der Waals surface area contributed by atoms with Crippen LogP contribution in [0.1, 0.15) is 67.4 Å². The van der Waals surface area contributed by atoms with Crippen LogP contribution in [0.25, 0.3) is 11.1 Å². The molecule has 2 atom stereocenters. The highest BCUT2D eigenvalue weighted by atomic mass is 15.3. The maximum absolute atomic E-state index is 8.02. The first-order valence-corrected chi connectivity index (χ1v) is 15.9. The van der Waals surface area contributed by atoms with Crippen LogP contribution >= 0.6 is 0 Å². The summed E-state index contributed by atoms with van der Waals surface area (Å²) in [7, 11) is 0. The van der Waals surface area contributed by atoms with Crippen LogP contribution in [0.2, 0.25) is 27.3 Å². The van der Waals surface area contributed by atoms with E-state index in [4.69, 9.17) is 11.5 Å². The van der Waals surface area contributed by atoms with Gasteiger partial charge in [0.25, 0.3) is 11.3 Å². The van der Waals surface area contributed by atoms with Crippen LogP contribution in [0.15, 0.2) is 79.1 Å². The standard InChI is InChI=1S/C37H34B2N4/c1-38(2)26-10-5-8-20-18-22-12-14-24-25-15-13-23-19-21-9-6-11-27(39(3)4)32(21)37(41)34(23)29(25)30-28(24)33(22)36(40,31(20)26)42-16-7-17-43(37)35(30)42/h5-17,30H,18-19,40-41H2,1-4H3/q+2. The Labute approximate surface area is 253 Å². The molecule has 0 saturated carbocycles. The lowest BCUT2D eigenvalue weighted by molar-refractivity contribution is -0.881. The van der Waals surface area contributed by atoms with Crippen molar-refractivity contribution in [2.24, 2.45) is 11.5 Å². The molecule has 2 aliphatic heterocycles. The van der Waals surface area contributed by atoms with Crippen molar-refractivity contribution in [1.29, 1.82) is 0 Å². The highest BCUT2D eigenvalue weighted by molar-refractivity contribution is 6.71. The zero-order chi connectivity index (χ0) is 29.2. The SMILES string of the molecule is CB(C)c1cccc2c1C1(N)c3c(ccc4c3C3c5c-4ccc4c5C(N)(c5c(cccc5B(C)C)C4)[n+]4ccc[n+]1c43)C2. The predicted octanol–water partition coefficient (Wildman–Crippen LogP) is 3.20. The molecule has 3 heterocycles. The summed E-state index contributed by atoms with van der Waals surface area (Å²) in [6.45, 7) is 9.87. The Kier molecular flexibility index (Phi) is 4.30. The normalized spacial score (nSPS) is 23.3. The zero-order valence-corrected chi connectivity index (χ0v) is 25.2. The van der Waals surface area contributed by atoms with Crippen molar-refractivity contribution < 1.29 is 9.13 Å². The zero-order valence-electron chi connectivity index (χ0n) is 25.2. The first-order valence-electron chi connectivity index (χ1n) is 15.9. The van der Waals surface area contributed by atoms with Crippen LogP contribution in [-0.4, -0.2) is 13.4 Å². The van der Waals surface area contributed by atoms with Gasteiger partial charge < -0.3 is 0 Å². The maximum Gasteiger partial charge on any atom is 0.434 e. The van der Waals surface area contributed by atoms with E-state index in [9.17, 15) is 0 Å². The molecule has 43 heavy (non-hydrogen) atoms. The van der Waals surface area contributed by atoms with Gasteiger partial charge in [0.2, 0.25) is 0 Å². The number of rotatable bonds is 2. The Morgan fingerprint density at radius 2 is 1.02 bits per heavy atom. The molecular weight excluding hydrogens is 522 g/mol. The van der Waals surface area contributed by atoms with Gasteiger partial charge in [-0.05, 0) is 57.3 Å². The average Bonchev–Trinajstić information content (AvgIpc) is 3.34. The number of nitrogens with two attached hydrogens (primary N) is 2. The van der Waals surface area contributed by atoms with Crippen LogP contribution in [0, 0.1) is 0 Å². The second-order valence-corrected chi connectivity index (χ2v) is 14.1. The Balaban J connectivity index is 1.42. The minimum Gasteiger partial charge on any atom is -0.262 e. The minimum atomic E-state index is -0.836. The van der Waals surface area contributed by atoms with E-state index in [2.05, 4.69) is 116 Å². The van der Waals surface area contributed by atoms with Gasteiger partial charge in [0.15, 0.2) is 31.7 Å². The molecule has 5 aliphatic rings. The molecule has 1 aromatic heterocycles. The third kappa shape index (κ3) is 2.51. The number of benzene rings is 4. The molecule has 0 fully saturated rings. The van der Waals surface area contributed by atoms with E-state index in [-0.39, 0.29) is 5.92 Å². The third-order valence-corrected chi connectivity index (χ3v) is 11.4. The van der Waals surface area contributed by atoms with Crippen LogP contribution in [-0.2, 0) is 24.2 Å². The highest BCUT2D eigenvalue weighted by Gasteiger charge is 2.68. The molecule has 2 unspecified atom stereocenters. The summed E-state index contributed by atoms with van der Waals surface area (Å²) in [4.78, 5) is 0. The van der Waals surface area contributed by atoms with E-state index >= 15 is 0 Å². The van der Waals surface area contributed by atoms with Crippen molar-refractivity contribution in [3.05, 3.63) is 141 Å². The number of aromatic nitrogens is 2. The number of hydrogen-bond acceptors (Lipinski definition) is 2. The van der Waals surface area contributed by atoms with Crippen LogP contribution in [0.3, 0.4) is 0 Å². The molecular formula is C37H34B2N4+2. The molecule has 0 amide bonds. The molecule has 0 spiro atoms. The first-order chi connectivity index (χ1) is 20.8. The van der Waals surface area contributed by atoms with Crippen molar-refractivity contribution in [3.63, 3.8) is 0 Å². The van der Waals surface area contributed by atoms with Crippen molar-refractivity contribution in [1.82, 2.24) is 0 Å². The molecule has 0 radical (unpaired) electrons. The molecule has 10 rings (SSSR count). The van der Waals surface area contributed by atoms with Crippen molar-refractivity contribution in [3.8, 4) is 11.1 Å². The minimum absolute atomic E-state index is 0.102. The van der Waals surface area contributed by atoms with Gasteiger partial charge in [-0.15, -0.1) is 9.13 Å². The monoisotopic (exact) mass is 556 g/mol. The fraction of sp³-hybridized carbons (Fsp3) is 0.243. The summed E-state index contributed by atoms with van der Waals surface area (Å²) in [5.74, 6) is 1.30. The largest absolute Gasteiger partial charge is 0.434 e. The van der Waals surface area contributed by atoms with Gasteiger partial charge in [0.05, 0.1) is 17.2 Å². The molecule has 6 heteroatoms. The van der Waals surface area contributed by atoms with Gasteiger partial charge in [0.1, 0.15) is 0 Å². The Hall–Kier alpha value is -3.99. The van der Waals surface area contributed by atoms with E-state index in [0.29, 0.717) is 13.4 Å². The molecule has 3 aliphatic carbocycles. The lowest BCUT2D eigenvalue weighted by atomic mass is 9.46.